The first kappa shape index (κ1) is 26.4. The van der Waals surface area contributed by atoms with Crippen LogP contribution in [0, 0.1) is 0 Å². The molecular weight excluding hydrogens is 523 g/mol. The minimum absolute atomic E-state index is 0. The van der Waals surface area contributed by atoms with Crippen LogP contribution in [0.3, 0.4) is 0 Å². The Hall–Kier alpha value is -1.82. The lowest BCUT2D eigenvalue weighted by molar-refractivity contribution is 0.0322. The summed E-state index contributed by atoms with van der Waals surface area (Å²) >= 11 is 0. The molecule has 0 aliphatic carbocycles. The van der Waals surface area contributed by atoms with E-state index in [1.165, 1.54) is 0 Å². The Morgan fingerprint density at radius 3 is 2.75 bits per heavy atom. The summed E-state index contributed by atoms with van der Waals surface area (Å²) in [5.41, 5.74) is -0.0765. The third-order valence-corrected chi connectivity index (χ3v) is 5.09. The molecule has 2 aromatic rings. The molecule has 1 unspecified atom stereocenters. The molecule has 1 aliphatic heterocycles. The number of furan rings is 1. The molecule has 1 atom stereocenters. The number of hydrogen-bond acceptors (Lipinski definition) is 6. The fourth-order valence-electron chi connectivity index (χ4n) is 3.29. The summed E-state index contributed by atoms with van der Waals surface area (Å²) < 4.78 is 16.6. The maximum absolute atomic E-state index is 10.6. The van der Waals surface area contributed by atoms with Gasteiger partial charge in [-0.3, -0.25) is 4.90 Å². The second-order valence-electron chi connectivity index (χ2n) is 7.75. The standard InChI is InChI=1S/C23H34N4O4.HI/c1-3-24-22(26-18-23(2,28)21-8-5-12-31-21)25-17-19-6-4-7-20(16-19)30-15-11-27-9-13-29-14-10-27;/h4-8,12,16,28H,3,9-11,13-15,17-18H2,1-2H3,(H2,24,25,26);1H. The van der Waals surface area contributed by atoms with Crippen molar-refractivity contribution in [1.29, 1.82) is 0 Å². The Morgan fingerprint density at radius 2 is 2.03 bits per heavy atom. The first-order chi connectivity index (χ1) is 15.1. The summed E-state index contributed by atoms with van der Waals surface area (Å²) in [6.45, 7) is 10.3. The number of morpholine rings is 1. The molecule has 32 heavy (non-hydrogen) atoms. The van der Waals surface area contributed by atoms with Gasteiger partial charge in [-0.1, -0.05) is 12.1 Å². The van der Waals surface area contributed by atoms with Gasteiger partial charge in [-0.05, 0) is 43.7 Å². The molecule has 0 bridgehead atoms. The lowest BCUT2D eigenvalue weighted by Crippen LogP contribution is -2.44. The highest BCUT2D eigenvalue weighted by Gasteiger charge is 2.26. The molecule has 1 saturated heterocycles. The maximum atomic E-state index is 10.6. The highest BCUT2D eigenvalue weighted by atomic mass is 127. The van der Waals surface area contributed by atoms with Crippen molar-refractivity contribution in [3.05, 3.63) is 54.0 Å². The highest BCUT2D eigenvalue weighted by molar-refractivity contribution is 14.0. The SMILES string of the molecule is CCNC(=NCc1cccc(OCCN2CCOCC2)c1)NCC(C)(O)c1ccco1.I. The number of nitrogens with zero attached hydrogens (tertiary/aromatic N) is 2. The summed E-state index contributed by atoms with van der Waals surface area (Å²) in [5, 5.41) is 17.0. The van der Waals surface area contributed by atoms with Crippen molar-refractivity contribution < 1.29 is 19.0 Å². The van der Waals surface area contributed by atoms with Gasteiger partial charge in [-0.15, -0.1) is 24.0 Å². The van der Waals surface area contributed by atoms with Crippen LogP contribution in [0.25, 0.3) is 0 Å². The summed E-state index contributed by atoms with van der Waals surface area (Å²) in [6, 6.07) is 11.5. The maximum Gasteiger partial charge on any atom is 0.191 e. The second kappa shape index (κ2) is 13.7. The van der Waals surface area contributed by atoms with Crippen LogP contribution in [0.1, 0.15) is 25.2 Å². The molecule has 0 spiro atoms. The van der Waals surface area contributed by atoms with Gasteiger partial charge < -0.3 is 29.6 Å². The highest BCUT2D eigenvalue weighted by Crippen LogP contribution is 2.19. The molecule has 178 valence electrons. The fourth-order valence-corrected chi connectivity index (χ4v) is 3.29. The summed E-state index contributed by atoms with van der Waals surface area (Å²) in [7, 11) is 0. The van der Waals surface area contributed by atoms with Crippen LogP contribution in [0.15, 0.2) is 52.1 Å². The number of aliphatic imine (C=N–C) groups is 1. The Balaban J connectivity index is 0.00000363. The predicted molar refractivity (Wildman–Crippen MR) is 136 cm³/mol. The zero-order valence-electron chi connectivity index (χ0n) is 18.9. The van der Waals surface area contributed by atoms with Crippen molar-refractivity contribution in [2.45, 2.75) is 26.0 Å². The van der Waals surface area contributed by atoms with Crippen LogP contribution in [-0.2, 0) is 16.9 Å². The Labute approximate surface area is 207 Å². The zero-order valence-corrected chi connectivity index (χ0v) is 21.2. The van der Waals surface area contributed by atoms with Crippen molar-refractivity contribution in [2.24, 2.45) is 4.99 Å². The van der Waals surface area contributed by atoms with Crippen molar-refractivity contribution >= 4 is 29.9 Å². The molecule has 3 N–H and O–H groups in total. The molecule has 0 saturated carbocycles. The van der Waals surface area contributed by atoms with E-state index in [1.807, 2.05) is 31.2 Å². The number of ether oxygens (including phenoxy) is 2. The number of benzene rings is 1. The average Bonchev–Trinajstić information content (AvgIpc) is 3.33. The number of guanidine groups is 1. The van der Waals surface area contributed by atoms with Gasteiger partial charge in [-0.25, -0.2) is 4.99 Å². The Kier molecular flexibility index (Phi) is 11.3. The van der Waals surface area contributed by atoms with E-state index in [2.05, 4.69) is 20.5 Å². The smallest absolute Gasteiger partial charge is 0.191 e. The van der Waals surface area contributed by atoms with E-state index in [0.29, 0.717) is 24.9 Å². The summed E-state index contributed by atoms with van der Waals surface area (Å²) in [6.07, 6.45) is 1.55. The second-order valence-corrected chi connectivity index (χ2v) is 7.75. The van der Waals surface area contributed by atoms with Gasteiger partial charge in [0, 0.05) is 26.2 Å². The molecule has 1 aromatic heterocycles. The molecular formula is C23H35IN4O4. The number of hydrogen-bond donors (Lipinski definition) is 3. The van der Waals surface area contributed by atoms with E-state index in [9.17, 15) is 5.11 Å². The normalized spacial score (nSPS) is 16.7. The molecule has 1 aliphatic rings. The molecule has 9 heteroatoms. The minimum Gasteiger partial charge on any atom is -0.492 e. The number of halogens is 1. The van der Waals surface area contributed by atoms with E-state index in [1.54, 1.807) is 25.3 Å². The third-order valence-electron chi connectivity index (χ3n) is 5.09. The van der Waals surface area contributed by atoms with Gasteiger partial charge >= 0.3 is 0 Å². The third kappa shape index (κ3) is 8.61. The first-order valence-corrected chi connectivity index (χ1v) is 10.9. The topological polar surface area (TPSA) is 91.5 Å². The molecule has 8 nitrogen and oxygen atoms in total. The van der Waals surface area contributed by atoms with Crippen LogP contribution in [0.2, 0.25) is 0 Å². The summed E-state index contributed by atoms with van der Waals surface area (Å²) in [4.78, 5) is 6.99. The van der Waals surface area contributed by atoms with Crippen molar-refractivity contribution in [2.75, 3.05) is 52.5 Å². The van der Waals surface area contributed by atoms with Crippen LogP contribution < -0.4 is 15.4 Å². The largest absolute Gasteiger partial charge is 0.492 e. The number of aliphatic hydroxyl groups is 1. The number of nitrogens with one attached hydrogen (secondary N) is 2. The van der Waals surface area contributed by atoms with Crippen molar-refractivity contribution in [1.82, 2.24) is 15.5 Å². The van der Waals surface area contributed by atoms with Gasteiger partial charge in [0.25, 0.3) is 0 Å². The lowest BCUT2D eigenvalue weighted by Gasteiger charge is -2.26. The molecule has 3 rings (SSSR count). The fraction of sp³-hybridized carbons (Fsp3) is 0.522. The van der Waals surface area contributed by atoms with Crippen molar-refractivity contribution in [3.8, 4) is 5.75 Å². The molecule has 1 fully saturated rings. The monoisotopic (exact) mass is 558 g/mol. The van der Waals surface area contributed by atoms with E-state index < -0.39 is 5.60 Å². The predicted octanol–water partition coefficient (Wildman–Crippen LogP) is 2.57. The Morgan fingerprint density at radius 1 is 1.22 bits per heavy atom. The molecule has 0 radical (unpaired) electrons. The van der Waals surface area contributed by atoms with Crippen molar-refractivity contribution in [3.63, 3.8) is 0 Å². The Bertz CT molecular complexity index is 808. The van der Waals surface area contributed by atoms with Gasteiger partial charge in [0.2, 0.25) is 0 Å². The van der Waals surface area contributed by atoms with Gasteiger partial charge in [-0.2, -0.15) is 0 Å². The van der Waals surface area contributed by atoms with Gasteiger partial charge in [0.05, 0.1) is 32.6 Å². The quantitative estimate of drug-likeness (QED) is 0.235. The minimum atomic E-state index is -1.13. The first-order valence-electron chi connectivity index (χ1n) is 10.9. The average molecular weight is 558 g/mol. The summed E-state index contributed by atoms with van der Waals surface area (Å²) in [5.74, 6) is 1.99. The molecule has 0 amide bonds. The van der Waals surface area contributed by atoms with Crippen LogP contribution in [0.5, 0.6) is 5.75 Å². The van der Waals surface area contributed by atoms with Crippen LogP contribution in [0.4, 0.5) is 0 Å². The van der Waals surface area contributed by atoms with E-state index in [0.717, 1.165) is 50.7 Å². The molecule has 2 heterocycles. The lowest BCUT2D eigenvalue weighted by atomic mass is 10.0. The van der Waals surface area contributed by atoms with E-state index in [4.69, 9.17) is 13.9 Å². The van der Waals surface area contributed by atoms with Crippen LogP contribution in [-0.4, -0.2) is 68.5 Å². The van der Waals surface area contributed by atoms with E-state index in [-0.39, 0.29) is 30.5 Å². The van der Waals surface area contributed by atoms with Crippen LogP contribution >= 0.6 is 24.0 Å². The zero-order chi connectivity index (χ0) is 21.9. The molecule has 1 aromatic carbocycles. The van der Waals surface area contributed by atoms with E-state index >= 15 is 0 Å². The van der Waals surface area contributed by atoms with Gasteiger partial charge in [0.15, 0.2) is 5.96 Å². The number of rotatable bonds is 10. The van der Waals surface area contributed by atoms with Gasteiger partial charge in [0.1, 0.15) is 23.7 Å².